The summed E-state index contributed by atoms with van der Waals surface area (Å²) in [4.78, 5) is 17.7. The van der Waals surface area contributed by atoms with Crippen molar-refractivity contribution in [3.8, 4) is 11.5 Å². The highest BCUT2D eigenvalue weighted by atomic mass is 16.5. The molecule has 1 fully saturated rings. The van der Waals surface area contributed by atoms with Crippen LogP contribution in [0, 0.1) is 6.92 Å². The van der Waals surface area contributed by atoms with E-state index in [1.165, 1.54) is 11.1 Å². The van der Waals surface area contributed by atoms with Crippen molar-refractivity contribution in [1.29, 1.82) is 0 Å². The summed E-state index contributed by atoms with van der Waals surface area (Å²) in [6.45, 7) is 5.64. The fraction of sp³-hybridized carbons (Fsp3) is 0.219. The van der Waals surface area contributed by atoms with Crippen LogP contribution in [-0.4, -0.2) is 35.5 Å². The van der Waals surface area contributed by atoms with Gasteiger partial charge in [0.1, 0.15) is 11.5 Å². The summed E-state index contributed by atoms with van der Waals surface area (Å²) in [5.74, 6) is 1.66. The van der Waals surface area contributed by atoms with Gasteiger partial charge in [0.05, 0.1) is 6.04 Å². The Labute approximate surface area is 219 Å². The number of rotatable bonds is 7. The van der Waals surface area contributed by atoms with Crippen LogP contribution in [0.5, 0.6) is 11.5 Å². The lowest BCUT2D eigenvalue weighted by molar-refractivity contribution is 0.0894. The van der Waals surface area contributed by atoms with E-state index in [4.69, 9.17) is 4.74 Å². The molecule has 0 saturated carbocycles. The lowest BCUT2D eigenvalue weighted by atomic mass is 10.0. The van der Waals surface area contributed by atoms with Gasteiger partial charge in [-0.15, -0.1) is 0 Å². The van der Waals surface area contributed by atoms with E-state index >= 15 is 0 Å². The molecule has 1 atom stereocenters. The second-order valence-electron chi connectivity index (χ2n) is 9.56. The normalized spacial score (nSPS) is 15.8. The quantitative estimate of drug-likeness (QED) is 0.319. The summed E-state index contributed by atoms with van der Waals surface area (Å²) < 4.78 is 6.04. The van der Waals surface area contributed by atoms with Crippen molar-refractivity contribution in [2.75, 3.05) is 19.6 Å². The number of carbonyl (C=O) groups excluding carboxylic acids is 1. The van der Waals surface area contributed by atoms with E-state index in [1.807, 2.05) is 65.6 Å². The summed E-state index contributed by atoms with van der Waals surface area (Å²) >= 11 is 0. The van der Waals surface area contributed by atoms with Gasteiger partial charge in [-0.3, -0.25) is 4.90 Å². The summed E-state index contributed by atoms with van der Waals surface area (Å²) in [6.07, 6.45) is 0. The van der Waals surface area contributed by atoms with E-state index in [0.717, 1.165) is 42.3 Å². The van der Waals surface area contributed by atoms with Gasteiger partial charge in [0.25, 0.3) is 0 Å². The molecule has 37 heavy (non-hydrogen) atoms. The molecule has 0 bridgehead atoms. The number of hydrogen-bond acceptors (Lipinski definition) is 3. The summed E-state index contributed by atoms with van der Waals surface area (Å²) in [5.41, 5.74) is 4.66. The van der Waals surface area contributed by atoms with Crippen molar-refractivity contribution in [3.05, 3.63) is 131 Å². The molecule has 0 spiro atoms. The molecule has 4 aromatic rings. The zero-order valence-corrected chi connectivity index (χ0v) is 21.2. The minimum absolute atomic E-state index is 0.0169. The lowest BCUT2D eigenvalue weighted by Crippen LogP contribution is -2.53. The van der Waals surface area contributed by atoms with Crippen LogP contribution in [0.1, 0.15) is 28.3 Å². The minimum Gasteiger partial charge on any atom is -0.457 e. The minimum atomic E-state index is -0.0210. The smallest absolute Gasteiger partial charge is 0.318 e. The van der Waals surface area contributed by atoms with Crippen LogP contribution in [0.2, 0.25) is 0 Å². The highest BCUT2D eigenvalue weighted by molar-refractivity contribution is 5.75. The Morgan fingerprint density at radius 2 is 1.51 bits per heavy atom. The average Bonchev–Trinajstić information content (AvgIpc) is 2.94. The van der Waals surface area contributed by atoms with Crippen LogP contribution in [0.25, 0.3) is 0 Å². The van der Waals surface area contributed by atoms with Crippen molar-refractivity contribution in [2.45, 2.75) is 26.1 Å². The Morgan fingerprint density at radius 3 is 2.27 bits per heavy atom. The standard InChI is InChI=1S/C32H33N3O2/c1-25-15-17-26(18-16-25)22-33-32(36)35-20-19-34(24-31(35)28-10-4-2-5-11-28)23-27-9-8-14-30(21-27)37-29-12-6-3-7-13-29/h2-18,21,31H,19-20,22-24H2,1H3,(H,33,36). The van der Waals surface area contributed by atoms with Gasteiger partial charge in [-0.1, -0.05) is 90.5 Å². The van der Waals surface area contributed by atoms with Crippen LogP contribution in [0.3, 0.4) is 0 Å². The summed E-state index contributed by atoms with van der Waals surface area (Å²) in [7, 11) is 0. The van der Waals surface area contributed by atoms with Gasteiger partial charge >= 0.3 is 6.03 Å². The molecule has 1 aliphatic heterocycles. The third-order valence-corrected chi connectivity index (χ3v) is 6.76. The monoisotopic (exact) mass is 491 g/mol. The Kier molecular flexibility index (Phi) is 7.82. The van der Waals surface area contributed by atoms with E-state index < -0.39 is 0 Å². The molecule has 0 aromatic heterocycles. The number of para-hydroxylation sites is 1. The predicted octanol–water partition coefficient (Wildman–Crippen LogP) is 6.56. The van der Waals surface area contributed by atoms with Crippen LogP contribution in [0.4, 0.5) is 4.79 Å². The van der Waals surface area contributed by atoms with Crippen molar-refractivity contribution in [2.24, 2.45) is 0 Å². The third-order valence-electron chi connectivity index (χ3n) is 6.76. The molecular weight excluding hydrogens is 458 g/mol. The van der Waals surface area contributed by atoms with E-state index in [9.17, 15) is 4.79 Å². The second-order valence-corrected chi connectivity index (χ2v) is 9.56. The largest absolute Gasteiger partial charge is 0.457 e. The van der Waals surface area contributed by atoms with Crippen LogP contribution >= 0.6 is 0 Å². The van der Waals surface area contributed by atoms with Gasteiger partial charge in [-0.25, -0.2) is 4.79 Å². The van der Waals surface area contributed by atoms with Crippen LogP contribution in [-0.2, 0) is 13.1 Å². The first kappa shape index (κ1) is 24.6. The van der Waals surface area contributed by atoms with Gasteiger partial charge in [-0.05, 0) is 47.9 Å². The highest BCUT2D eigenvalue weighted by Crippen LogP contribution is 2.28. The average molecular weight is 492 g/mol. The first-order chi connectivity index (χ1) is 18.1. The van der Waals surface area contributed by atoms with Gasteiger partial charge in [0.15, 0.2) is 0 Å². The third kappa shape index (κ3) is 6.57. The van der Waals surface area contributed by atoms with E-state index in [1.54, 1.807) is 0 Å². The number of nitrogens with zero attached hydrogens (tertiary/aromatic N) is 2. The maximum atomic E-state index is 13.3. The number of aryl methyl sites for hydroxylation is 1. The number of nitrogens with one attached hydrogen (secondary N) is 1. The van der Waals surface area contributed by atoms with Crippen LogP contribution in [0.15, 0.2) is 109 Å². The SMILES string of the molecule is Cc1ccc(CNC(=O)N2CCN(Cc3cccc(Oc4ccccc4)c3)CC2c2ccccc2)cc1. The number of amides is 2. The molecule has 1 saturated heterocycles. The molecule has 2 amide bonds. The summed E-state index contributed by atoms with van der Waals surface area (Å²) in [6, 6.07) is 36.7. The van der Waals surface area contributed by atoms with Crippen LogP contribution < -0.4 is 10.1 Å². The fourth-order valence-electron chi connectivity index (χ4n) is 4.76. The van der Waals surface area contributed by atoms with Crippen molar-refractivity contribution in [1.82, 2.24) is 15.1 Å². The first-order valence-corrected chi connectivity index (χ1v) is 12.8. The molecule has 1 N–H and O–H groups in total. The van der Waals surface area contributed by atoms with Gasteiger partial charge < -0.3 is 15.0 Å². The molecule has 4 aromatic carbocycles. The van der Waals surface area contributed by atoms with Crippen molar-refractivity contribution >= 4 is 6.03 Å². The van der Waals surface area contributed by atoms with Gasteiger partial charge in [-0.2, -0.15) is 0 Å². The number of piperazine rings is 1. The molecule has 188 valence electrons. The van der Waals surface area contributed by atoms with E-state index in [-0.39, 0.29) is 12.1 Å². The van der Waals surface area contributed by atoms with Crippen molar-refractivity contribution in [3.63, 3.8) is 0 Å². The molecule has 1 aliphatic rings. The Bertz CT molecular complexity index is 1290. The lowest BCUT2D eigenvalue weighted by Gasteiger charge is -2.41. The Hall–Kier alpha value is -4.09. The highest BCUT2D eigenvalue weighted by Gasteiger charge is 2.31. The number of ether oxygens (including phenoxy) is 1. The van der Waals surface area contributed by atoms with Crippen molar-refractivity contribution < 1.29 is 9.53 Å². The Balaban J connectivity index is 1.26. The second kappa shape index (κ2) is 11.8. The van der Waals surface area contributed by atoms with Gasteiger partial charge in [0.2, 0.25) is 0 Å². The van der Waals surface area contributed by atoms with E-state index in [0.29, 0.717) is 13.1 Å². The number of hydrogen-bond donors (Lipinski definition) is 1. The maximum absolute atomic E-state index is 13.3. The molecule has 0 radical (unpaired) electrons. The predicted molar refractivity (Wildman–Crippen MR) is 148 cm³/mol. The molecular formula is C32H33N3O2. The topological polar surface area (TPSA) is 44.8 Å². The zero-order chi connectivity index (χ0) is 25.5. The fourth-order valence-corrected chi connectivity index (χ4v) is 4.76. The number of carbonyl (C=O) groups is 1. The molecule has 5 heteroatoms. The Morgan fingerprint density at radius 1 is 0.811 bits per heavy atom. The first-order valence-electron chi connectivity index (χ1n) is 12.8. The molecule has 5 rings (SSSR count). The molecule has 0 aliphatic carbocycles. The van der Waals surface area contributed by atoms with E-state index in [2.05, 4.69) is 65.7 Å². The summed E-state index contributed by atoms with van der Waals surface area (Å²) in [5, 5.41) is 3.13. The maximum Gasteiger partial charge on any atom is 0.318 e. The number of urea groups is 1. The zero-order valence-electron chi connectivity index (χ0n) is 21.2. The number of benzene rings is 4. The van der Waals surface area contributed by atoms with Gasteiger partial charge in [0, 0.05) is 32.7 Å². The molecule has 1 heterocycles. The molecule has 5 nitrogen and oxygen atoms in total. The molecule has 1 unspecified atom stereocenters.